The molecule has 1 saturated carbocycles. The van der Waals surface area contributed by atoms with Gasteiger partial charge in [0.15, 0.2) is 0 Å². The molecule has 1 fully saturated rings. The van der Waals surface area contributed by atoms with Crippen molar-refractivity contribution in [2.45, 2.75) is 45.9 Å². The number of hydrogen-bond acceptors (Lipinski definition) is 6. The molecule has 2 aromatic rings. The van der Waals surface area contributed by atoms with Gasteiger partial charge in [0.25, 0.3) is 0 Å². The molecule has 6 nitrogen and oxygen atoms in total. The van der Waals surface area contributed by atoms with E-state index in [-0.39, 0.29) is 0 Å². The molecule has 1 N–H and O–H groups in total. The van der Waals surface area contributed by atoms with Crippen molar-refractivity contribution >= 4 is 0 Å². The molecule has 0 unspecified atom stereocenters. The topological polar surface area (TPSA) is 73.1 Å². The lowest BCUT2D eigenvalue weighted by molar-refractivity contribution is 0.267. The zero-order chi connectivity index (χ0) is 13.9. The number of rotatable bonds is 6. The second-order valence-corrected chi connectivity index (χ2v) is 5.14. The number of ether oxygens (including phenoxy) is 1. The summed E-state index contributed by atoms with van der Waals surface area (Å²) >= 11 is 0. The second kappa shape index (κ2) is 5.58. The maximum atomic E-state index is 5.81. The van der Waals surface area contributed by atoms with Crippen LogP contribution >= 0.6 is 0 Å². The molecule has 2 aromatic heterocycles. The normalized spacial score (nSPS) is 14.5. The Balaban J connectivity index is 1.68. The molecular weight excluding hydrogens is 256 g/mol. The fraction of sp³-hybridized carbons (Fsp3) is 0.500. The predicted octanol–water partition coefficient (Wildman–Crippen LogP) is 1.91. The van der Waals surface area contributed by atoms with Gasteiger partial charge in [-0.15, -0.1) is 0 Å². The highest BCUT2D eigenvalue weighted by Crippen LogP contribution is 2.22. The summed E-state index contributed by atoms with van der Waals surface area (Å²) < 4.78 is 10.5. The lowest BCUT2D eigenvalue weighted by atomic mass is 10.2. The Morgan fingerprint density at radius 3 is 2.80 bits per heavy atom. The van der Waals surface area contributed by atoms with Gasteiger partial charge in [-0.1, -0.05) is 10.3 Å². The van der Waals surface area contributed by atoms with E-state index in [1.807, 2.05) is 26.0 Å². The monoisotopic (exact) mass is 274 g/mol. The van der Waals surface area contributed by atoms with E-state index >= 15 is 0 Å². The molecule has 0 bridgehead atoms. The van der Waals surface area contributed by atoms with Crippen molar-refractivity contribution in [3.05, 3.63) is 34.9 Å². The van der Waals surface area contributed by atoms with Crippen molar-refractivity contribution in [3.8, 4) is 5.75 Å². The first-order valence-corrected chi connectivity index (χ1v) is 6.83. The van der Waals surface area contributed by atoms with Crippen LogP contribution in [0.3, 0.4) is 0 Å². The van der Waals surface area contributed by atoms with Crippen molar-refractivity contribution in [2.75, 3.05) is 0 Å². The Labute approximate surface area is 117 Å². The van der Waals surface area contributed by atoms with Gasteiger partial charge in [0.1, 0.15) is 23.7 Å². The molecule has 3 rings (SSSR count). The minimum Gasteiger partial charge on any atom is -0.485 e. The van der Waals surface area contributed by atoms with Crippen LogP contribution < -0.4 is 10.1 Å². The van der Waals surface area contributed by atoms with E-state index in [4.69, 9.17) is 4.74 Å². The van der Waals surface area contributed by atoms with Crippen LogP contribution in [0.5, 0.6) is 5.75 Å². The average Bonchev–Trinajstić information content (AvgIpc) is 3.18. The van der Waals surface area contributed by atoms with Crippen LogP contribution in [0.15, 0.2) is 16.8 Å². The highest BCUT2D eigenvalue weighted by atomic mass is 16.6. The van der Waals surface area contributed by atoms with Crippen molar-refractivity contribution in [1.29, 1.82) is 0 Å². The molecule has 2 heterocycles. The SMILES string of the molecule is Cc1ccc(OCc2nonc2C)c(CNC2CC2)n1. The summed E-state index contributed by atoms with van der Waals surface area (Å²) in [7, 11) is 0. The second-order valence-electron chi connectivity index (χ2n) is 5.14. The van der Waals surface area contributed by atoms with E-state index in [2.05, 4.69) is 25.2 Å². The van der Waals surface area contributed by atoms with Gasteiger partial charge in [-0.05, 0) is 38.8 Å². The predicted molar refractivity (Wildman–Crippen MR) is 72.2 cm³/mol. The Morgan fingerprint density at radius 2 is 2.10 bits per heavy atom. The molecule has 1 aliphatic carbocycles. The van der Waals surface area contributed by atoms with Crippen molar-refractivity contribution in [1.82, 2.24) is 20.6 Å². The molecule has 0 atom stereocenters. The van der Waals surface area contributed by atoms with Crippen LogP contribution in [0.2, 0.25) is 0 Å². The van der Waals surface area contributed by atoms with Crippen molar-refractivity contribution < 1.29 is 9.37 Å². The van der Waals surface area contributed by atoms with Gasteiger partial charge in [-0.2, -0.15) is 0 Å². The molecule has 20 heavy (non-hydrogen) atoms. The molecule has 1 aliphatic rings. The van der Waals surface area contributed by atoms with Crippen LogP contribution in [0, 0.1) is 13.8 Å². The first kappa shape index (κ1) is 13.1. The minimum absolute atomic E-state index is 0.344. The van der Waals surface area contributed by atoms with Crippen LogP contribution in [0.25, 0.3) is 0 Å². The van der Waals surface area contributed by atoms with Gasteiger partial charge in [0, 0.05) is 18.3 Å². The summed E-state index contributed by atoms with van der Waals surface area (Å²) in [5.74, 6) is 0.783. The Bertz CT molecular complexity index is 593. The summed E-state index contributed by atoms with van der Waals surface area (Å²) in [6.45, 7) is 4.91. The van der Waals surface area contributed by atoms with E-state index in [9.17, 15) is 0 Å². The number of nitrogens with one attached hydrogen (secondary N) is 1. The van der Waals surface area contributed by atoms with E-state index in [1.54, 1.807) is 0 Å². The summed E-state index contributed by atoms with van der Waals surface area (Å²) in [5, 5.41) is 11.0. The Kier molecular flexibility index (Phi) is 3.64. The number of aryl methyl sites for hydroxylation is 2. The van der Waals surface area contributed by atoms with Crippen LogP contribution in [0.1, 0.15) is 35.6 Å². The maximum Gasteiger partial charge on any atom is 0.145 e. The molecule has 0 aliphatic heterocycles. The molecule has 0 amide bonds. The first-order valence-electron chi connectivity index (χ1n) is 6.83. The zero-order valence-electron chi connectivity index (χ0n) is 11.7. The molecule has 6 heteroatoms. The number of hydrogen-bond donors (Lipinski definition) is 1. The molecule has 0 saturated heterocycles. The summed E-state index contributed by atoms with van der Waals surface area (Å²) in [6.07, 6.45) is 2.51. The van der Waals surface area contributed by atoms with Crippen molar-refractivity contribution in [2.24, 2.45) is 0 Å². The first-order chi connectivity index (χ1) is 9.72. The smallest absolute Gasteiger partial charge is 0.145 e. The summed E-state index contributed by atoms with van der Waals surface area (Å²) in [4.78, 5) is 4.55. The fourth-order valence-corrected chi connectivity index (χ4v) is 1.91. The van der Waals surface area contributed by atoms with Gasteiger partial charge in [0.05, 0.1) is 5.69 Å². The van der Waals surface area contributed by atoms with Crippen LogP contribution in [-0.2, 0) is 13.2 Å². The van der Waals surface area contributed by atoms with Crippen LogP contribution in [-0.4, -0.2) is 21.3 Å². The lowest BCUT2D eigenvalue weighted by Gasteiger charge is -2.11. The van der Waals surface area contributed by atoms with Crippen molar-refractivity contribution in [3.63, 3.8) is 0 Å². The quantitative estimate of drug-likeness (QED) is 0.867. The zero-order valence-corrected chi connectivity index (χ0v) is 11.7. The number of nitrogens with zero attached hydrogens (tertiary/aromatic N) is 3. The van der Waals surface area contributed by atoms with Crippen LogP contribution in [0.4, 0.5) is 0 Å². The molecule has 106 valence electrons. The third kappa shape index (κ3) is 3.14. The third-order valence-corrected chi connectivity index (χ3v) is 3.32. The molecular formula is C14H18N4O2. The summed E-state index contributed by atoms with van der Waals surface area (Å²) in [6, 6.07) is 4.55. The van der Waals surface area contributed by atoms with Gasteiger partial charge < -0.3 is 10.1 Å². The number of aromatic nitrogens is 3. The average molecular weight is 274 g/mol. The lowest BCUT2D eigenvalue weighted by Crippen LogP contribution is -2.17. The van der Waals surface area contributed by atoms with E-state index in [0.29, 0.717) is 18.3 Å². The van der Waals surface area contributed by atoms with Gasteiger partial charge in [-0.3, -0.25) is 4.98 Å². The molecule has 0 aromatic carbocycles. The maximum absolute atomic E-state index is 5.81. The van der Waals surface area contributed by atoms with E-state index in [1.165, 1.54) is 12.8 Å². The Morgan fingerprint density at radius 1 is 1.25 bits per heavy atom. The minimum atomic E-state index is 0.344. The van der Waals surface area contributed by atoms with Gasteiger partial charge in [0.2, 0.25) is 0 Å². The van der Waals surface area contributed by atoms with Gasteiger partial charge in [-0.25, -0.2) is 4.63 Å². The largest absolute Gasteiger partial charge is 0.485 e. The highest BCUT2D eigenvalue weighted by Gasteiger charge is 2.21. The standard InChI is InChI=1S/C14H18N4O2/c1-9-3-6-14(12(16-9)7-15-11-4-5-11)19-8-13-10(2)17-20-18-13/h3,6,11,15H,4-5,7-8H2,1-2H3. The summed E-state index contributed by atoms with van der Waals surface area (Å²) in [5.41, 5.74) is 3.39. The fourth-order valence-electron chi connectivity index (χ4n) is 1.91. The molecule has 0 radical (unpaired) electrons. The number of pyridine rings is 1. The van der Waals surface area contributed by atoms with E-state index in [0.717, 1.165) is 29.4 Å². The van der Waals surface area contributed by atoms with E-state index < -0.39 is 0 Å². The molecule has 0 spiro atoms. The third-order valence-electron chi connectivity index (χ3n) is 3.32. The highest BCUT2D eigenvalue weighted by molar-refractivity contribution is 5.29. The Hall–Kier alpha value is -1.95. The van der Waals surface area contributed by atoms with Gasteiger partial charge >= 0.3 is 0 Å².